The quantitative estimate of drug-likeness (QED) is 0.931. The zero-order valence-corrected chi connectivity index (χ0v) is 13.5. The van der Waals surface area contributed by atoms with E-state index in [0.717, 1.165) is 37.8 Å². The molecule has 1 N–H and O–H groups in total. The Morgan fingerprint density at radius 2 is 2.10 bits per heavy atom. The van der Waals surface area contributed by atoms with Crippen molar-refractivity contribution in [1.29, 1.82) is 0 Å². The van der Waals surface area contributed by atoms with Gasteiger partial charge < -0.3 is 4.90 Å². The van der Waals surface area contributed by atoms with Crippen molar-refractivity contribution in [2.24, 2.45) is 5.92 Å². The van der Waals surface area contributed by atoms with E-state index in [9.17, 15) is 13.2 Å². The molecule has 1 amide bonds. The predicted octanol–water partition coefficient (Wildman–Crippen LogP) is 2.24. The molecule has 116 valence electrons. The van der Waals surface area contributed by atoms with Crippen LogP contribution < -0.4 is 4.72 Å². The van der Waals surface area contributed by atoms with Gasteiger partial charge in [-0.25, -0.2) is 8.42 Å². The topological polar surface area (TPSA) is 66.5 Å². The van der Waals surface area contributed by atoms with E-state index in [1.807, 2.05) is 11.8 Å². The number of hydrogen-bond donors (Lipinski definition) is 1. The average molecular weight is 310 g/mol. The summed E-state index contributed by atoms with van der Waals surface area (Å²) < 4.78 is 25.2. The minimum Gasteiger partial charge on any atom is -0.338 e. The molecule has 0 bridgehead atoms. The average Bonchev–Trinajstić information content (AvgIpc) is 2.39. The van der Waals surface area contributed by atoms with Crippen LogP contribution in [0.25, 0.3) is 0 Å². The molecular weight excluding hydrogens is 288 g/mol. The summed E-state index contributed by atoms with van der Waals surface area (Å²) in [4.78, 5) is 14.4. The molecule has 1 aliphatic rings. The van der Waals surface area contributed by atoms with Gasteiger partial charge in [-0.2, -0.15) is 0 Å². The second-order valence-electron chi connectivity index (χ2n) is 5.90. The van der Waals surface area contributed by atoms with Crippen LogP contribution in [-0.2, 0) is 10.0 Å². The molecule has 0 spiro atoms. The van der Waals surface area contributed by atoms with Crippen LogP contribution in [0.1, 0.15) is 35.7 Å². The van der Waals surface area contributed by atoms with Gasteiger partial charge in [0, 0.05) is 18.7 Å². The summed E-state index contributed by atoms with van der Waals surface area (Å²) >= 11 is 0. The number of sulfonamides is 1. The van der Waals surface area contributed by atoms with E-state index in [-0.39, 0.29) is 5.91 Å². The highest BCUT2D eigenvalue weighted by Crippen LogP contribution is 2.22. The number of rotatable bonds is 3. The van der Waals surface area contributed by atoms with E-state index in [1.54, 1.807) is 18.2 Å². The molecule has 0 unspecified atom stereocenters. The molecule has 0 radical (unpaired) electrons. The molecule has 0 aromatic heterocycles. The molecule has 1 heterocycles. The van der Waals surface area contributed by atoms with E-state index in [4.69, 9.17) is 0 Å². The van der Waals surface area contributed by atoms with E-state index in [1.165, 1.54) is 0 Å². The van der Waals surface area contributed by atoms with E-state index in [2.05, 4.69) is 11.6 Å². The van der Waals surface area contributed by atoms with Crippen LogP contribution in [-0.4, -0.2) is 38.6 Å². The lowest BCUT2D eigenvalue weighted by atomic mass is 9.99. The van der Waals surface area contributed by atoms with Crippen molar-refractivity contribution >= 4 is 21.6 Å². The maximum atomic E-state index is 12.5. The second kappa shape index (κ2) is 6.05. The second-order valence-corrected chi connectivity index (χ2v) is 7.65. The van der Waals surface area contributed by atoms with Crippen LogP contribution in [0.5, 0.6) is 0 Å². The Hall–Kier alpha value is -1.56. The summed E-state index contributed by atoms with van der Waals surface area (Å²) in [6.45, 7) is 5.49. The van der Waals surface area contributed by atoms with Crippen LogP contribution in [0.2, 0.25) is 0 Å². The number of piperidine rings is 1. The third-order valence-corrected chi connectivity index (χ3v) is 4.31. The summed E-state index contributed by atoms with van der Waals surface area (Å²) in [6, 6.07) is 5.15. The van der Waals surface area contributed by atoms with Gasteiger partial charge in [-0.1, -0.05) is 13.0 Å². The fraction of sp³-hybridized carbons (Fsp3) is 0.533. The summed E-state index contributed by atoms with van der Waals surface area (Å²) in [5.41, 5.74) is 1.79. The van der Waals surface area contributed by atoms with Crippen molar-refractivity contribution in [1.82, 2.24) is 4.90 Å². The highest BCUT2D eigenvalue weighted by molar-refractivity contribution is 7.92. The molecule has 1 aromatic rings. The summed E-state index contributed by atoms with van der Waals surface area (Å²) in [5, 5.41) is 0. The van der Waals surface area contributed by atoms with Gasteiger partial charge in [0.05, 0.1) is 11.9 Å². The molecule has 1 saturated heterocycles. The molecule has 1 aliphatic heterocycles. The summed E-state index contributed by atoms with van der Waals surface area (Å²) in [5.74, 6) is 0.486. The molecule has 21 heavy (non-hydrogen) atoms. The Kier molecular flexibility index (Phi) is 4.56. The smallest absolute Gasteiger partial charge is 0.253 e. The van der Waals surface area contributed by atoms with Crippen LogP contribution in [0.3, 0.4) is 0 Å². The van der Waals surface area contributed by atoms with Gasteiger partial charge in [0.15, 0.2) is 0 Å². The van der Waals surface area contributed by atoms with E-state index in [0.29, 0.717) is 17.2 Å². The molecule has 1 atom stereocenters. The zero-order chi connectivity index (χ0) is 15.6. The van der Waals surface area contributed by atoms with Gasteiger partial charge in [0.2, 0.25) is 10.0 Å². The van der Waals surface area contributed by atoms with Crippen molar-refractivity contribution in [3.05, 3.63) is 29.3 Å². The van der Waals surface area contributed by atoms with Gasteiger partial charge in [-0.15, -0.1) is 0 Å². The van der Waals surface area contributed by atoms with Crippen molar-refractivity contribution < 1.29 is 13.2 Å². The fourth-order valence-corrected chi connectivity index (χ4v) is 3.24. The molecular formula is C15H22N2O3S. The predicted molar refractivity (Wildman–Crippen MR) is 83.9 cm³/mol. The first-order chi connectivity index (χ1) is 9.76. The van der Waals surface area contributed by atoms with Crippen LogP contribution in [0, 0.1) is 12.8 Å². The van der Waals surface area contributed by atoms with E-state index < -0.39 is 10.0 Å². The number of anilines is 1. The van der Waals surface area contributed by atoms with Crippen molar-refractivity contribution in [2.45, 2.75) is 26.7 Å². The Morgan fingerprint density at radius 1 is 1.38 bits per heavy atom. The normalized spacial score (nSPS) is 19.4. The van der Waals surface area contributed by atoms with Gasteiger partial charge in [0.25, 0.3) is 5.91 Å². The maximum Gasteiger partial charge on any atom is 0.253 e. The van der Waals surface area contributed by atoms with Crippen molar-refractivity contribution in [2.75, 3.05) is 24.1 Å². The van der Waals surface area contributed by atoms with E-state index >= 15 is 0 Å². The van der Waals surface area contributed by atoms with Crippen LogP contribution >= 0.6 is 0 Å². The Balaban J connectivity index is 2.23. The van der Waals surface area contributed by atoms with Gasteiger partial charge in [0.1, 0.15) is 0 Å². The number of benzene rings is 1. The SMILES string of the molecule is Cc1ccc(C(=O)N2CCC[C@H](C)C2)cc1NS(C)(=O)=O. The van der Waals surface area contributed by atoms with Crippen molar-refractivity contribution in [3.63, 3.8) is 0 Å². The highest BCUT2D eigenvalue weighted by atomic mass is 32.2. The zero-order valence-electron chi connectivity index (χ0n) is 12.7. The number of likely N-dealkylation sites (tertiary alicyclic amines) is 1. The standard InChI is InChI=1S/C15H22N2O3S/c1-11-5-4-8-17(10-11)15(18)13-7-6-12(2)14(9-13)16-21(3,19)20/h6-7,9,11,16H,4-5,8,10H2,1-3H3/t11-/m0/s1. The lowest BCUT2D eigenvalue weighted by molar-refractivity contribution is 0.0683. The monoisotopic (exact) mass is 310 g/mol. The number of carbonyl (C=O) groups is 1. The first-order valence-corrected chi connectivity index (χ1v) is 9.03. The number of nitrogens with one attached hydrogen (secondary N) is 1. The molecule has 2 rings (SSSR count). The van der Waals surface area contributed by atoms with Gasteiger partial charge >= 0.3 is 0 Å². The molecule has 5 nitrogen and oxygen atoms in total. The maximum absolute atomic E-state index is 12.5. The lowest BCUT2D eigenvalue weighted by Crippen LogP contribution is -2.39. The fourth-order valence-electron chi connectivity index (χ4n) is 2.62. The largest absolute Gasteiger partial charge is 0.338 e. The summed E-state index contributed by atoms with van der Waals surface area (Å²) in [6.07, 6.45) is 3.28. The summed E-state index contributed by atoms with van der Waals surface area (Å²) in [7, 11) is -3.35. The molecule has 0 saturated carbocycles. The Bertz CT molecular complexity index is 640. The molecule has 0 aliphatic carbocycles. The van der Waals surface area contributed by atoms with Gasteiger partial charge in [-0.05, 0) is 43.4 Å². The lowest BCUT2D eigenvalue weighted by Gasteiger charge is -2.31. The van der Waals surface area contributed by atoms with Crippen LogP contribution in [0.15, 0.2) is 18.2 Å². The van der Waals surface area contributed by atoms with Crippen LogP contribution in [0.4, 0.5) is 5.69 Å². The Morgan fingerprint density at radius 3 is 2.71 bits per heavy atom. The highest BCUT2D eigenvalue weighted by Gasteiger charge is 2.22. The third kappa shape index (κ3) is 4.20. The number of nitrogens with zero attached hydrogens (tertiary/aromatic N) is 1. The number of carbonyl (C=O) groups excluding carboxylic acids is 1. The minimum atomic E-state index is -3.35. The Labute approximate surface area is 126 Å². The molecule has 1 aromatic carbocycles. The number of hydrogen-bond acceptors (Lipinski definition) is 3. The number of amides is 1. The van der Waals surface area contributed by atoms with Gasteiger partial charge in [-0.3, -0.25) is 9.52 Å². The first kappa shape index (κ1) is 15.8. The minimum absolute atomic E-state index is 0.0295. The molecule has 6 heteroatoms. The van der Waals surface area contributed by atoms with Crippen molar-refractivity contribution in [3.8, 4) is 0 Å². The third-order valence-electron chi connectivity index (χ3n) is 3.72. The first-order valence-electron chi connectivity index (χ1n) is 7.14. The molecule has 1 fully saturated rings. The number of aryl methyl sites for hydroxylation is 1.